The van der Waals surface area contributed by atoms with Crippen LogP contribution in [0.3, 0.4) is 0 Å². The minimum atomic E-state index is -0.683. The standard InChI is InChI=1S/C20H20F2N4O/c1-13-24-18(23-11-10-14-6-3-4-9-17(14)27-2)12-19(25-13)26-20-15(21)7-5-8-16(20)22/h3-9,12H,10-11H2,1-2H3,(H2,23,24,25,26). The largest absolute Gasteiger partial charge is 0.496 e. The predicted octanol–water partition coefficient (Wildman–Crippen LogP) is 4.47. The molecule has 0 spiro atoms. The fourth-order valence-electron chi connectivity index (χ4n) is 2.70. The molecule has 0 saturated carbocycles. The number of hydrogen-bond donors (Lipinski definition) is 2. The van der Waals surface area contributed by atoms with Crippen molar-refractivity contribution in [3.05, 3.63) is 71.6 Å². The minimum absolute atomic E-state index is 0.240. The molecule has 0 aliphatic rings. The Kier molecular flexibility index (Phi) is 5.80. The summed E-state index contributed by atoms with van der Waals surface area (Å²) in [4.78, 5) is 8.50. The number of halogens is 2. The number of nitrogens with zero attached hydrogens (tertiary/aromatic N) is 2. The molecule has 7 heteroatoms. The maximum Gasteiger partial charge on any atom is 0.149 e. The number of anilines is 3. The van der Waals surface area contributed by atoms with Crippen molar-refractivity contribution < 1.29 is 13.5 Å². The van der Waals surface area contributed by atoms with Gasteiger partial charge in [-0.05, 0) is 37.1 Å². The molecule has 3 aromatic rings. The van der Waals surface area contributed by atoms with Crippen molar-refractivity contribution in [1.29, 1.82) is 0 Å². The lowest BCUT2D eigenvalue weighted by Gasteiger charge is -2.12. The van der Waals surface area contributed by atoms with Crippen molar-refractivity contribution in [3.8, 4) is 5.75 Å². The summed E-state index contributed by atoms with van der Waals surface area (Å²) in [6.45, 7) is 2.33. The minimum Gasteiger partial charge on any atom is -0.496 e. The first-order chi connectivity index (χ1) is 13.1. The van der Waals surface area contributed by atoms with Crippen LogP contribution in [0, 0.1) is 18.6 Å². The van der Waals surface area contributed by atoms with Crippen molar-refractivity contribution in [3.63, 3.8) is 0 Å². The summed E-state index contributed by atoms with van der Waals surface area (Å²) in [6, 6.07) is 13.1. The van der Waals surface area contributed by atoms with Gasteiger partial charge in [0, 0.05) is 12.6 Å². The summed E-state index contributed by atoms with van der Waals surface area (Å²) in [5.74, 6) is 0.823. The molecule has 0 fully saturated rings. The van der Waals surface area contributed by atoms with E-state index in [1.165, 1.54) is 18.2 Å². The quantitative estimate of drug-likeness (QED) is 0.643. The van der Waals surface area contributed by atoms with E-state index in [0.717, 1.165) is 17.7 Å². The van der Waals surface area contributed by atoms with Crippen molar-refractivity contribution >= 4 is 17.3 Å². The summed E-state index contributed by atoms with van der Waals surface area (Å²) in [6.07, 6.45) is 0.734. The Hall–Kier alpha value is -3.22. The van der Waals surface area contributed by atoms with Crippen molar-refractivity contribution in [2.45, 2.75) is 13.3 Å². The molecule has 0 aliphatic carbocycles. The Morgan fingerprint density at radius 2 is 1.67 bits per heavy atom. The van der Waals surface area contributed by atoms with E-state index in [9.17, 15) is 8.78 Å². The third-order valence-electron chi connectivity index (χ3n) is 3.95. The zero-order valence-corrected chi connectivity index (χ0v) is 15.1. The Morgan fingerprint density at radius 3 is 2.41 bits per heavy atom. The van der Waals surface area contributed by atoms with Crippen molar-refractivity contribution in [1.82, 2.24) is 9.97 Å². The smallest absolute Gasteiger partial charge is 0.149 e. The van der Waals surface area contributed by atoms with Gasteiger partial charge in [0.25, 0.3) is 0 Å². The van der Waals surface area contributed by atoms with Crippen LogP contribution in [0.2, 0.25) is 0 Å². The number of hydrogen-bond acceptors (Lipinski definition) is 5. The molecule has 140 valence electrons. The third kappa shape index (κ3) is 4.69. The summed E-state index contributed by atoms with van der Waals surface area (Å²) in [5, 5.41) is 5.89. The molecule has 0 amide bonds. The van der Waals surface area contributed by atoms with Gasteiger partial charge in [-0.1, -0.05) is 24.3 Å². The zero-order valence-electron chi connectivity index (χ0n) is 15.1. The van der Waals surface area contributed by atoms with Gasteiger partial charge in [-0.25, -0.2) is 18.7 Å². The fraction of sp³-hybridized carbons (Fsp3) is 0.200. The van der Waals surface area contributed by atoms with Crippen LogP contribution >= 0.6 is 0 Å². The Bertz CT molecular complexity index is 913. The lowest BCUT2D eigenvalue weighted by molar-refractivity contribution is 0.410. The summed E-state index contributed by atoms with van der Waals surface area (Å²) < 4.78 is 33.0. The van der Waals surface area contributed by atoms with Gasteiger partial charge in [0.1, 0.15) is 40.5 Å². The average Bonchev–Trinajstić information content (AvgIpc) is 2.65. The van der Waals surface area contributed by atoms with Gasteiger partial charge in [-0.15, -0.1) is 0 Å². The highest BCUT2D eigenvalue weighted by Crippen LogP contribution is 2.23. The van der Waals surface area contributed by atoms with Crippen molar-refractivity contribution in [2.24, 2.45) is 0 Å². The van der Waals surface area contributed by atoms with E-state index in [4.69, 9.17) is 4.74 Å². The molecule has 1 heterocycles. The highest BCUT2D eigenvalue weighted by atomic mass is 19.1. The first-order valence-corrected chi connectivity index (χ1v) is 8.49. The third-order valence-corrected chi connectivity index (χ3v) is 3.95. The molecule has 3 rings (SSSR count). The molecule has 5 nitrogen and oxygen atoms in total. The van der Waals surface area contributed by atoms with E-state index in [2.05, 4.69) is 20.6 Å². The van der Waals surface area contributed by atoms with Crippen LogP contribution in [0.15, 0.2) is 48.5 Å². The molecule has 0 radical (unpaired) electrons. The molecule has 1 aromatic heterocycles. The molecule has 0 unspecified atom stereocenters. The average molecular weight is 370 g/mol. The number of nitrogens with one attached hydrogen (secondary N) is 2. The van der Waals surface area contributed by atoms with Gasteiger partial charge in [-0.3, -0.25) is 0 Å². The van der Waals surface area contributed by atoms with E-state index in [-0.39, 0.29) is 5.69 Å². The first kappa shape index (κ1) is 18.6. The highest BCUT2D eigenvalue weighted by molar-refractivity contribution is 5.60. The van der Waals surface area contributed by atoms with E-state index < -0.39 is 11.6 Å². The second-order valence-corrected chi connectivity index (χ2v) is 5.90. The number of aryl methyl sites for hydroxylation is 1. The molecule has 0 aliphatic heterocycles. The van der Waals surface area contributed by atoms with Crippen LogP contribution in [-0.2, 0) is 6.42 Å². The van der Waals surface area contributed by atoms with Gasteiger partial charge in [0.2, 0.25) is 0 Å². The lowest BCUT2D eigenvalue weighted by atomic mass is 10.1. The second-order valence-electron chi connectivity index (χ2n) is 5.90. The van der Waals surface area contributed by atoms with Gasteiger partial charge in [-0.2, -0.15) is 0 Å². The number of methoxy groups -OCH3 is 1. The van der Waals surface area contributed by atoms with Crippen LogP contribution in [0.4, 0.5) is 26.1 Å². The first-order valence-electron chi connectivity index (χ1n) is 8.49. The number of aromatic nitrogens is 2. The number of para-hydroxylation sites is 2. The molecule has 0 atom stereocenters. The predicted molar refractivity (Wildman–Crippen MR) is 102 cm³/mol. The molecular formula is C20H20F2N4O. The SMILES string of the molecule is COc1ccccc1CCNc1cc(Nc2c(F)cccc2F)nc(C)n1. The second kappa shape index (κ2) is 8.44. The monoisotopic (exact) mass is 370 g/mol. The Morgan fingerprint density at radius 1 is 0.963 bits per heavy atom. The van der Waals surface area contributed by atoms with E-state index in [1.807, 2.05) is 24.3 Å². The van der Waals surface area contributed by atoms with E-state index in [0.29, 0.717) is 24.0 Å². The zero-order chi connectivity index (χ0) is 19.2. The highest BCUT2D eigenvalue weighted by Gasteiger charge is 2.10. The molecule has 2 N–H and O–H groups in total. The van der Waals surface area contributed by atoms with Gasteiger partial charge >= 0.3 is 0 Å². The Balaban J connectivity index is 1.70. The van der Waals surface area contributed by atoms with Crippen molar-refractivity contribution in [2.75, 3.05) is 24.3 Å². The summed E-state index contributed by atoms with van der Waals surface area (Å²) >= 11 is 0. The number of ether oxygens (including phenoxy) is 1. The van der Waals surface area contributed by atoms with E-state index in [1.54, 1.807) is 20.1 Å². The van der Waals surface area contributed by atoms with Gasteiger partial charge in [0.05, 0.1) is 7.11 Å². The van der Waals surface area contributed by atoms with E-state index >= 15 is 0 Å². The number of rotatable bonds is 7. The summed E-state index contributed by atoms with van der Waals surface area (Å²) in [7, 11) is 1.64. The number of benzene rings is 2. The maximum atomic E-state index is 13.8. The molecule has 0 bridgehead atoms. The molecule has 0 saturated heterocycles. The molecule has 2 aromatic carbocycles. The van der Waals surface area contributed by atoms with Crippen LogP contribution in [0.1, 0.15) is 11.4 Å². The Labute approximate surface area is 156 Å². The molecule has 27 heavy (non-hydrogen) atoms. The van der Waals surface area contributed by atoms with Gasteiger partial charge in [0.15, 0.2) is 0 Å². The maximum absolute atomic E-state index is 13.8. The fourth-order valence-corrected chi connectivity index (χ4v) is 2.70. The molecular weight excluding hydrogens is 350 g/mol. The van der Waals surface area contributed by atoms with Crippen LogP contribution in [0.5, 0.6) is 5.75 Å². The van der Waals surface area contributed by atoms with Crippen LogP contribution < -0.4 is 15.4 Å². The lowest BCUT2D eigenvalue weighted by Crippen LogP contribution is -2.09. The van der Waals surface area contributed by atoms with Crippen LogP contribution in [0.25, 0.3) is 0 Å². The summed E-state index contributed by atoms with van der Waals surface area (Å²) in [5.41, 5.74) is 0.834. The normalized spacial score (nSPS) is 10.5. The topological polar surface area (TPSA) is 59.1 Å². The van der Waals surface area contributed by atoms with Gasteiger partial charge < -0.3 is 15.4 Å². The van der Waals surface area contributed by atoms with Crippen LogP contribution in [-0.4, -0.2) is 23.6 Å².